The molecule has 4 heterocycles. The minimum absolute atomic E-state index is 0.0854. The molecule has 0 saturated carbocycles. The van der Waals surface area contributed by atoms with Crippen molar-refractivity contribution in [3.8, 4) is 5.69 Å². The van der Waals surface area contributed by atoms with Gasteiger partial charge >= 0.3 is 0 Å². The average Bonchev–Trinajstić information content (AvgIpc) is 3.47. The Morgan fingerprint density at radius 2 is 1.83 bits per heavy atom. The van der Waals surface area contributed by atoms with Crippen molar-refractivity contribution < 1.29 is 9.18 Å². The second-order valence-corrected chi connectivity index (χ2v) is 8.49. The van der Waals surface area contributed by atoms with Gasteiger partial charge in [0.05, 0.1) is 16.3 Å². The van der Waals surface area contributed by atoms with Crippen LogP contribution in [0.25, 0.3) is 15.9 Å². The Hall–Kier alpha value is -2.93. The Bertz CT molecular complexity index is 1150. The van der Waals surface area contributed by atoms with Gasteiger partial charge in [-0.25, -0.2) is 9.07 Å². The van der Waals surface area contributed by atoms with Crippen molar-refractivity contribution in [3.05, 3.63) is 71.2 Å². The molecule has 0 unspecified atom stereocenters. The molecule has 3 aromatic heterocycles. The number of aromatic nitrogens is 3. The highest BCUT2D eigenvalue weighted by Gasteiger charge is 2.26. The summed E-state index contributed by atoms with van der Waals surface area (Å²) in [5.41, 5.74) is 1.66. The molecule has 0 atom stereocenters. The van der Waals surface area contributed by atoms with Gasteiger partial charge in [0.15, 0.2) is 0 Å². The summed E-state index contributed by atoms with van der Waals surface area (Å²) in [5.74, 6) is -0.193. The first-order valence-corrected chi connectivity index (χ1v) is 10.6. The summed E-state index contributed by atoms with van der Waals surface area (Å²) in [6.07, 6.45) is 6.12. The maximum atomic E-state index is 13.3. The number of carbonyl (C=O) groups is 1. The zero-order chi connectivity index (χ0) is 20.0. The molecule has 0 N–H and O–H groups in total. The molecule has 0 radical (unpaired) electrons. The number of piperidine rings is 1. The molecular formula is C22H21FN4OS. The number of hydrogen-bond donors (Lipinski definition) is 0. The van der Waals surface area contributed by atoms with Gasteiger partial charge in [0.2, 0.25) is 0 Å². The maximum absolute atomic E-state index is 13.3. The lowest BCUT2D eigenvalue weighted by Crippen LogP contribution is -2.38. The van der Waals surface area contributed by atoms with E-state index in [1.807, 2.05) is 30.0 Å². The van der Waals surface area contributed by atoms with Crippen molar-refractivity contribution in [3.63, 3.8) is 0 Å². The van der Waals surface area contributed by atoms with Gasteiger partial charge in [-0.15, -0.1) is 11.3 Å². The number of carbonyl (C=O) groups excluding carboxylic acids is 1. The van der Waals surface area contributed by atoms with Crippen LogP contribution < -0.4 is 0 Å². The van der Waals surface area contributed by atoms with Gasteiger partial charge in [0, 0.05) is 36.9 Å². The van der Waals surface area contributed by atoms with Crippen molar-refractivity contribution >= 4 is 27.5 Å². The molecule has 4 aromatic rings. The first-order valence-electron chi connectivity index (χ1n) is 9.77. The molecule has 0 bridgehead atoms. The lowest BCUT2D eigenvalue weighted by Gasteiger charge is -2.32. The molecular weight excluding hydrogens is 387 g/mol. The Morgan fingerprint density at radius 1 is 1.14 bits per heavy atom. The molecule has 1 saturated heterocycles. The molecule has 1 aliphatic heterocycles. The lowest BCUT2D eigenvalue weighted by atomic mass is 10.0. The van der Waals surface area contributed by atoms with Crippen LogP contribution >= 0.6 is 11.3 Å². The van der Waals surface area contributed by atoms with E-state index in [1.165, 1.54) is 23.5 Å². The molecule has 0 spiro atoms. The van der Waals surface area contributed by atoms with Crippen LogP contribution in [0.5, 0.6) is 0 Å². The summed E-state index contributed by atoms with van der Waals surface area (Å²) in [6.45, 7) is 3.46. The fourth-order valence-corrected chi connectivity index (χ4v) is 5.17. The SMILES string of the molecule is Cc1nn(-c2ccc(F)cc2)c2sc(C(=O)N3CCC(n4cccc4)CC3)cc12. The Kier molecular flexibility index (Phi) is 4.47. The smallest absolute Gasteiger partial charge is 0.264 e. The summed E-state index contributed by atoms with van der Waals surface area (Å²) in [5, 5.41) is 5.55. The Labute approximate surface area is 172 Å². The van der Waals surface area contributed by atoms with Gasteiger partial charge in [-0.2, -0.15) is 5.10 Å². The number of nitrogens with zero attached hydrogens (tertiary/aromatic N) is 4. The summed E-state index contributed by atoms with van der Waals surface area (Å²) < 4.78 is 17.3. The standard InChI is InChI=1S/C22H21FN4OS/c1-15-19-14-20(29-22(19)27(24-15)18-6-4-16(23)5-7-18)21(28)26-12-8-17(9-13-26)25-10-2-3-11-25/h2-7,10-11,14,17H,8-9,12-13H2,1H3. The average molecular weight is 409 g/mol. The number of halogens is 1. The van der Waals surface area contributed by atoms with E-state index in [1.54, 1.807) is 16.8 Å². The van der Waals surface area contributed by atoms with E-state index in [4.69, 9.17) is 0 Å². The van der Waals surface area contributed by atoms with E-state index < -0.39 is 0 Å². The fourth-order valence-electron chi connectivity index (χ4n) is 4.02. The third kappa shape index (κ3) is 3.25. The largest absolute Gasteiger partial charge is 0.351 e. The zero-order valence-corrected chi connectivity index (χ0v) is 16.9. The van der Waals surface area contributed by atoms with Crippen LogP contribution in [0, 0.1) is 12.7 Å². The molecule has 1 aliphatic rings. The fraction of sp³-hybridized carbons (Fsp3) is 0.273. The number of fused-ring (bicyclic) bond motifs is 1. The normalized spacial score (nSPS) is 15.3. The van der Waals surface area contributed by atoms with Crippen LogP contribution in [-0.4, -0.2) is 38.2 Å². The predicted molar refractivity (Wildman–Crippen MR) is 112 cm³/mol. The van der Waals surface area contributed by atoms with Gasteiger partial charge < -0.3 is 9.47 Å². The number of thiophene rings is 1. The molecule has 1 amide bonds. The summed E-state index contributed by atoms with van der Waals surface area (Å²) in [7, 11) is 0. The van der Waals surface area contributed by atoms with Crippen molar-refractivity contribution in [2.75, 3.05) is 13.1 Å². The van der Waals surface area contributed by atoms with E-state index in [9.17, 15) is 9.18 Å². The van der Waals surface area contributed by atoms with Gasteiger partial charge in [-0.05, 0) is 62.2 Å². The monoisotopic (exact) mass is 408 g/mol. The maximum Gasteiger partial charge on any atom is 0.264 e. The minimum Gasteiger partial charge on any atom is -0.351 e. The second-order valence-electron chi connectivity index (χ2n) is 7.46. The molecule has 1 fully saturated rings. The Balaban J connectivity index is 1.39. The van der Waals surface area contributed by atoms with Crippen LogP contribution in [0.2, 0.25) is 0 Å². The number of amides is 1. The third-order valence-electron chi connectivity index (χ3n) is 5.63. The van der Waals surface area contributed by atoms with E-state index in [2.05, 4.69) is 22.1 Å². The Morgan fingerprint density at radius 3 is 2.52 bits per heavy atom. The van der Waals surface area contributed by atoms with Crippen LogP contribution in [0.4, 0.5) is 4.39 Å². The molecule has 7 heteroatoms. The van der Waals surface area contributed by atoms with E-state index in [0.29, 0.717) is 6.04 Å². The molecule has 148 valence electrons. The lowest BCUT2D eigenvalue weighted by molar-refractivity contribution is 0.0699. The molecule has 1 aromatic carbocycles. The number of aryl methyl sites for hydroxylation is 1. The second kappa shape index (κ2) is 7.15. The quantitative estimate of drug-likeness (QED) is 0.488. The highest BCUT2D eigenvalue weighted by atomic mass is 32.1. The highest BCUT2D eigenvalue weighted by Crippen LogP contribution is 2.32. The van der Waals surface area contributed by atoms with E-state index >= 15 is 0 Å². The predicted octanol–water partition coefficient (Wildman–Crippen LogP) is 4.81. The topological polar surface area (TPSA) is 43.1 Å². The number of benzene rings is 1. The van der Waals surface area contributed by atoms with Crippen molar-refractivity contribution in [1.29, 1.82) is 0 Å². The van der Waals surface area contributed by atoms with Gasteiger partial charge in [0.25, 0.3) is 5.91 Å². The first kappa shape index (κ1) is 18.1. The van der Waals surface area contributed by atoms with Crippen molar-refractivity contribution in [1.82, 2.24) is 19.2 Å². The minimum atomic E-state index is -0.278. The van der Waals surface area contributed by atoms with Crippen molar-refractivity contribution in [2.45, 2.75) is 25.8 Å². The first-order chi connectivity index (χ1) is 14.1. The van der Waals surface area contributed by atoms with Crippen LogP contribution in [0.3, 0.4) is 0 Å². The number of likely N-dealkylation sites (tertiary alicyclic amines) is 1. The van der Waals surface area contributed by atoms with Crippen LogP contribution in [0.15, 0.2) is 54.9 Å². The molecule has 0 aliphatic carbocycles. The third-order valence-corrected chi connectivity index (χ3v) is 6.73. The molecule has 5 rings (SSSR count). The highest BCUT2D eigenvalue weighted by molar-refractivity contribution is 7.20. The van der Waals surface area contributed by atoms with Gasteiger partial charge in [0.1, 0.15) is 10.6 Å². The van der Waals surface area contributed by atoms with E-state index in [-0.39, 0.29) is 11.7 Å². The summed E-state index contributed by atoms with van der Waals surface area (Å²) in [6, 6.07) is 12.7. The van der Waals surface area contributed by atoms with Crippen molar-refractivity contribution in [2.24, 2.45) is 0 Å². The number of rotatable bonds is 3. The van der Waals surface area contributed by atoms with Gasteiger partial charge in [-0.3, -0.25) is 4.79 Å². The van der Waals surface area contributed by atoms with E-state index in [0.717, 1.165) is 52.4 Å². The zero-order valence-electron chi connectivity index (χ0n) is 16.1. The summed E-state index contributed by atoms with van der Waals surface area (Å²) >= 11 is 1.45. The molecule has 5 nitrogen and oxygen atoms in total. The summed E-state index contributed by atoms with van der Waals surface area (Å²) in [4.78, 5) is 16.7. The van der Waals surface area contributed by atoms with Crippen LogP contribution in [0.1, 0.15) is 34.2 Å². The molecule has 29 heavy (non-hydrogen) atoms. The van der Waals surface area contributed by atoms with Crippen LogP contribution in [-0.2, 0) is 0 Å². The van der Waals surface area contributed by atoms with Gasteiger partial charge in [-0.1, -0.05) is 0 Å². The number of hydrogen-bond acceptors (Lipinski definition) is 3.